The average Bonchev–Trinajstić information content (AvgIpc) is 3.68. The number of hydrogen-bond acceptors (Lipinski definition) is 4. The van der Waals surface area contributed by atoms with E-state index >= 15 is 0 Å². The van der Waals surface area contributed by atoms with Crippen LogP contribution in [0.3, 0.4) is 0 Å². The van der Waals surface area contributed by atoms with Gasteiger partial charge in [-0.1, -0.05) is 90.3 Å². The van der Waals surface area contributed by atoms with Crippen LogP contribution in [0.25, 0.3) is 39.6 Å². The highest BCUT2D eigenvalue weighted by molar-refractivity contribution is 8.04. The molecule has 0 saturated carbocycles. The molecule has 2 aliphatic heterocycles. The fraction of sp³-hybridized carbons (Fsp3) is 0.0698. The van der Waals surface area contributed by atoms with Crippen molar-refractivity contribution in [2.24, 2.45) is 7.05 Å². The van der Waals surface area contributed by atoms with E-state index in [-0.39, 0.29) is 0 Å². The van der Waals surface area contributed by atoms with Gasteiger partial charge in [-0.25, -0.2) is 4.57 Å². The third-order valence-corrected chi connectivity index (χ3v) is 11.4. The summed E-state index contributed by atoms with van der Waals surface area (Å²) in [5.74, 6) is 0. The van der Waals surface area contributed by atoms with Gasteiger partial charge in [-0.05, 0) is 59.7 Å². The smallest absolute Gasteiger partial charge is 0.219 e. The van der Waals surface area contributed by atoms with Crippen LogP contribution in [0.5, 0.6) is 0 Å². The summed E-state index contributed by atoms with van der Waals surface area (Å²) in [6.07, 6.45) is 8.87. The molecule has 5 aromatic carbocycles. The lowest BCUT2D eigenvalue weighted by Gasteiger charge is -2.13. The molecule has 5 nitrogen and oxygen atoms in total. The molecule has 9 rings (SSSR count). The molecular formula is C43H38N4OS2+2. The molecule has 0 bridgehead atoms. The van der Waals surface area contributed by atoms with E-state index in [0.29, 0.717) is 0 Å². The van der Waals surface area contributed by atoms with Gasteiger partial charge in [0.2, 0.25) is 18.2 Å². The monoisotopic (exact) mass is 692 g/mol. The van der Waals surface area contributed by atoms with Crippen LogP contribution < -0.4 is 18.9 Å². The van der Waals surface area contributed by atoms with Crippen LogP contribution in [0.15, 0.2) is 172 Å². The zero-order valence-electron chi connectivity index (χ0n) is 29.1. The van der Waals surface area contributed by atoms with Gasteiger partial charge in [-0.3, -0.25) is 0 Å². The first-order valence-corrected chi connectivity index (χ1v) is 18.0. The molecule has 0 fully saturated rings. The van der Waals surface area contributed by atoms with Gasteiger partial charge in [-0.2, -0.15) is 4.57 Å². The van der Waals surface area contributed by atoms with Gasteiger partial charge in [0.05, 0.1) is 32.2 Å². The largest absolute Gasteiger partial charge is 0.412 e. The van der Waals surface area contributed by atoms with Crippen molar-refractivity contribution in [3.05, 3.63) is 173 Å². The Hall–Kier alpha value is -5.34. The summed E-state index contributed by atoms with van der Waals surface area (Å²) in [7, 11) is 6.36. The number of thioether (sulfide) groups is 2. The number of para-hydroxylation sites is 5. The summed E-state index contributed by atoms with van der Waals surface area (Å²) in [4.78, 5) is 7.17. The van der Waals surface area contributed by atoms with Gasteiger partial charge in [0.25, 0.3) is 0 Å². The third-order valence-electron chi connectivity index (χ3n) is 9.09. The Morgan fingerprint density at radius 1 is 0.540 bits per heavy atom. The lowest BCUT2D eigenvalue weighted by molar-refractivity contribution is -0.644. The second kappa shape index (κ2) is 14.3. The molecule has 4 heterocycles. The molecule has 2 aliphatic rings. The molecule has 2 N–H and O–H groups in total. The summed E-state index contributed by atoms with van der Waals surface area (Å²) < 4.78 is 9.16. The van der Waals surface area contributed by atoms with Gasteiger partial charge in [0, 0.05) is 60.3 Å². The minimum absolute atomic E-state index is 1.17. The quantitative estimate of drug-likeness (QED) is 0.174. The average molecular weight is 693 g/mol. The zero-order valence-corrected chi connectivity index (χ0v) is 29.8. The highest BCUT2D eigenvalue weighted by atomic mass is 32.2. The Bertz CT molecular complexity index is 2410. The molecule has 0 spiro atoms. The van der Waals surface area contributed by atoms with E-state index in [0.717, 1.165) is 0 Å². The van der Waals surface area contributed by atoms with Crippen LogP contribution in [0, 0.1) is 0 Å². The normalized spacial score (nSPS) is 14.9. The molecule has 0 aliphatic carbocycles. The Morgan fingerprint density at radius 2 is 1.00 bits per heavy atom. The summed E-state index contributed by atoms with van der Waals surface area (Å²) in [5.41, 5.74) is 14.9. The predicted molar refractivity (Wildman–Crippen MR) is 212 cm³/mol. The van der Waals surface area contributed by atoms with E-state index in [2.05, 4.69) is 204 Å². The number of aryl methyl sites for hydroxylation is 1. The second-order valence-electron chi connectivity index (χ2n) is 12.1. The SMILES string of the molecule is CN1C(=Cc2cc[n+](-c3ccccc3)c3ccccc23)Sc2ccccc21.CN1C(=Cc2cc[n+](C)c3ccccc23)Sc2ccccc21.[3H]O. The summed E-state index contributed by atoms with van der Waals surface area (Å²) >= 11 is 3.66. The van der Waals surface area contributed by atoms with E-state index in [1.165, 1.54) is 69.8 Å². The van der Waals surface area contributed by atoms with Crippen molar-refractivity contribution < 1.29 is 16.0 Å². The molecule has 0 radical (unpaired) electrons. The number of aromatic nitrogens is 2. The molecule has 0 atom stereocenters. The minimum atomic E-state index is 1.17. The Morgan fingerprint density at radius 3 is 1.58 bits per heavy atom. The van der Waals surface area contributed by atoms with E-state index in [4.69, 9.17) is 6.91 Å². The highest BCUT2D eigenvalue weighted by Crippen LogP contribution is 2.46. The molecule has 7 heteroatoms. The standard InChI is InChI=1S/C24H19N2S.C19H17N2S.H2O/c1-25-22-13-7-8-14-23(22)27-24(25)17-18-15-16-26(19-9-3-2-4-10-19)21-12-6-5-11-20(18)21;1-20-12-11-14(15-7-3-4-8-16(15)20)13-19-21(2)17-9-5-6-10-18(17)22-19;/h2-17H,1H3;3-13H,1-2H3;1H2/q2*+1;/i/hT. The lowest BCUT2D eigenvalue weighted by Crippen LogP contribution is -2.31. The summed E-state index contributed by atoms with van der Waals surface area (Å²) in [6.45, 7) is 0. The van der Waals surface area contributed by atoms with E-state index in [1.807, 2.05) is 23.5 Å². The van der Waals surface area contributed by atoms with Crippen LogP contribution in [0.1, 0.15) is 12.6 Å². The first-order chi connectivity index (χ1) is 25.0. The number of rotatable bonds is 3. The first kappa shape index (κ1) is 31.9. The topological polar surface area (TPSA) is 45.7 Å². The number of nitrogens with zero attached hydrogens (tertiary/aromatic N) is 4. The van der Waals surface area contributed by atoms with Gasteiger partial charge < -0.3 is 15.3 Å². The molecule has 246 valence electrons. The maximum Gasteiger partial charge on any atom is 0.219 e. The predicted octanol–water partition coefficient (Wildman–Crippen LogP) is 9.04. The van der Waals surface area contributed by atoms with Crippen LogP contribution in [-0.2, 0) is 7.05 Å². The lowest BCUT2D eigenvalue weighted by atomic mass is 10.1. The number of pyridine rings is 2. The number of benzene rings is 5. The number of hydrogen-bond donors (Lipinski definition) is 0. The van der Waals surface area contributed by atoms with Gasteiger partial charge >= 0.3 is 0 Å². The van der Waals surface area contributed by atoms with E-state index in [1.54, 1.807) is 0 Å². The summed E-state index contributed by atoms with van der Waals surface area (Å²) in [6, 6.07) is 49.1. The fourth-order valence-corrected chi connectivity index (χ4v) is 8.67. The van der Waals surface area contributed by atoms with Crippen molar-refractivity contribution in [2.45, 2.75) is 9.79 Å². The van der Waals surface area contributed by atoms with Crippen LogP contribution in [0.2, 0.25) is 0 Å². The molecule has 2 aromatic heterocycles. The van der Waals surface area contributed by atoms with Crippen LogP contribution in [-0.4, -0.2) is 19.6 Å². The van der Waals surface area contributed by atoms with Crippen molar-refractivity contribution in [3.8, 4) is 5.69 Å². The van der Waals surface area contributed by atoms with E-state index in [9.17, 15) is 0 Å². The molecule has 0 saturated heterocycles. The number of anilines is 2. The van der Waals surface area contributed by atoms with Crippen molar-refractivity contribution in [3.63, 3.8) is 0 Å². The zero-order chi connectivity index (χ0) is 35.3. The Balaban J connectivity index is 0.000000155. The number of fused-ring (bicyclic) bond motifs is 4. The van der Waals surface area contributed by atoms with Crippen LogP contribution in [0.4, 0.5) is 11.4 Å². The van der Waals surface area contributed by atoms with E-state index < -0.39 is 0 Å². The minimum Gasteiger partial charge on any atom is -0.412 e. The third kappa shape index (κ3) is 6.27. The maximum atomic E-state index is 6.25. The molecule has 0 amide bonds. The van der Waals surface area contributed by atoms with Gasteiger partial charge in [0.1, 0.15) is 7.05 Å². The Kier molecular flexibility index (Phi) is 9.09. The summed E-state index contributed by atoms with van der Waals surface area (Å²) in [5, 5.41) is 5.05. The van der Waals surface area contributed by atoms with Crippen LogP contribution >= 0.6 is 23.5 Å². The van der Waals surface area contributed by atoms with Gasteiger partial charge in [-0.15, -0.1) is 0 Å². The van der Waals surface area contributed by atoms with Gasteiger partial charge in [0.15, 0.2) is 12.4 Å². The molecule has 50 heavy (non-hydrogen) atoms. The van der Waals surface area contributed by atoms with Crippen molar-refractivity contribution in [2.75, 3.05) is 23.9 Å². The molecule has 7 aromatic rings. The molecule has 0 unspecified atom stereocenters. The fourth-order valence-electron chi connectivity index (χ4n) is 6.47. The maximum absolute atomic E-state index is 6.25. The van der Waals surface area contributed by atoms with Crippen molar-refractivity contribution in [1.82, 2.24) is 0 Å². The highest BCUT2D eigenvalue weighted by Gasteiger charge is 2.23. The first-order valence-electron chi connectivity index (χ1n) is 16.8. The van der Waals surface area contributed by atoms with Crippen molar-refractivity contribution in [1.29, 1.82) is 0 Å². The Labute approximate surface area is 303 Å². The molecular weight excluding hydrogens is 653 g/mol. The second-order valence-corrected chi connectivity index (χ2v) is 14.2. The van der Waals surface area contributed by atoms with Crippen molar-refractivity contribution >= 4 is 68.9 Å².